The van der Waals surface area contributed by atoms with Gasteiger partial charge >= 0.3 is 6.03 Å². The van der Waals surface area contributed by atoms with E-state index in [2.05, 4.69) is 22.1 Å². The van der Waals surface area contributed by atoms with Crippen molar-refractivity contribution < 1.29 is 9.21 Å². The Morgan fingerprint density at radius 2 is 2.27 bits per heavy atom. The second-order valence-corrected chi connectivity index (χ2v) is 6.90. The van der Waals surface area contributed by atoms with Crippen LogP contribution in [0.3, 0.4) is 0 Å². The molecule has 6 nitrogen and oxygen atoms in total. The summed E-state index contributed by atoms with van der Waals surface area (Å²) in [5.41, 5.74) is 0.865. The summed E-state index contributed by atoms with van der Waals surface area (Å²) in [5, 5.41) is 3.11. The molecule has 6 heteroatoms. The number of aromatic nitrogens is 1. The number of rotatable bonds is 8. The van der Waals surface area contributed by atoms with Crippen LogP contribution in [0.25, 0.3) is 0 Å². The molecule has 1 atom stereocenters. The maximum absolute atomic E-state index is 12.8. The topological polar surface area (TPSA) is 61.6 Å². The predicted octanol–water partition coefficient (Wildman–Crippen LogP) is 3.12. The minimum absolute atomic E-state index is 0.0685. The number of hydrogen-bond donors (Lipinski definition) is 1. The molecular formula is C20H28N4O2. The van der Waals surface area contributed by atoms with Gasteiger partial charge in [0, 0.05) is 19.3 Å². The van der Waals surface area contributed by atoms with Crippen LogP contribution in [0, 0.1) is 5.92 Å². The van der Waals surface area contributed by atoms with Gasteiger partial charge in [0.1, 0.15) is 5.76 Å². The lowest BCUT2D eigenvalue weighted by Gasteiger charge is -2.23. The molecule has 140 valence electrons. The summed E-state index contributed by atoms with van der Waals surface area (Å²) < 4.78 is 5.42. The van der Waals surface area contributed by atoms with Crippen LogP contribution in [0.1, 0.15) is 31.2 Å². The Morgan fingerprint density at radius 3 is 3.00 bits per heavy atom. The van der Waals surface area contributed by atoms with Crippen molar-refractivity contribution in [2.45, 2.75) is 32.9 Å². The minimum atomic E-state index is -0.0685. The van der Waals surface area contributed by atoms with Gasteiger partial charge in [-0.25, -0.2) is 4.79 Å². The molecule has 0 saturated carbocycles. The summed E-state index contributed by atoms with van der Waals surface area (Å²) >= 11 is 0. The summed E-state index contributed by atoms with van der Waals surface area (Å²) in [6, 6.07) is 9.41. The van der Waals surface area contributed by atoms with E-state index in [1.54, 1.807) is 17.4 Å². The first-order chi connectivity index (χ1) is 12.7. The number of pyridine rings is 1. The lowest BCUT2D eigenvalue weighted by atomic mass is 10.1. The zero-order chi connectivity index (χ0) is 18.2. The highest BCUT2D eigenvalue weighted by Crippen LogP contribution is 2.16. The van der Waals surface area contributed by atoms with Gasteiger partial charge in [-0.15, -0.1) is 0 Å². The van der Waals surface area contributed by atoms with E-state index in [4.69, 9.17) is 4.42 Å². The molecule has 0 aliphatic carbocycles. The molecule has 0 radical (unpaired) electrons. The van der Waals surface area contributed by atoms with Gasteiger partial charge in [0.15, 0.2) is 0 Å². The van der Waals surface area contributed by atoms with Gasteiger partial charge in [-0.2, -0.15) is 0 Å². The van der Waals surface area contributed by atoms with E-state index >= 15 is 0 Å². The van der Waals surface area contributed by atoms with Crippen molar-refractivity contribution in [1.82, 2.24) is 20.1 Å². The first kappa shape index (κ1) is 18.5. The Labute approximate surface area is 155 Å². The number of urea groups is 1. The van der Waals surface area contributed by atoms with Crippen LogP contribution in [0.2, 0.25) is 0 Å². The van der Waals surface area contributed by atoms with Gasteiger partial charge in [0.2, 0.25) is 0 Å². The molecule has 3 rings (SSSR count). The molecule has 1 N–H and O–H groups in total. The maximum atomic E-state index is 12.8. The number of carbonyl (C=O) groups is 1. The molecule has 0 spiro atoms. The molecule has 1 fully saturated rings. The highest BCUT2D eigenvalue weighted by atomic mass is 16.3. The lowest BCUT2D eigenvalue weighted by Crippen LogP contribution is -2.41. The van der Waals surface area contributed by atoms with Crippen LogP contribution < -0.4 is 5.32 Å². The second kappa shape index (κ2) is 9.38. The first-order valence-electron chi connectivity index (χ1n) is 9.42. The highest BCUT2D eigenvalue weighted by Gasteiger charge is 2.23. The van der Waals surface area contributed by atoms with Gasteiger partial charge in [-0.3, -0.25) is 4.98 Å². The summed E-state index contributed by atoms with van der Waals surface area (Å²) in [7, 11) is 0. The van der Waals surface area contributed by atoms with Crippen molar-refractivity contribution in [3.05, 3.63) is 54.2 Å². The van der Waals surface area contributed by atoms with Crippen molar-refractivity contribution in [3.8, 4) is 0 Å². The van der Waals surface area contributed by atoms with Crippen LogP contribution >= 0.6 is 0 Å². The number of likely N-dealkylation sites (tertiary alicyclic amines) is 1. The first-order valence-corrected chi connectivity index (χ1v) is 9.42. The highest BCUT2D eigenvalue weighted by molar-refractivity contribution is 5.74. The number of carbonyl (C=O) groups excluding carboxylic acids is 1. The third kappa shape index (κ3) is 5.33. The summed E-state index contributed by atoms with van der Waals surface area (Å²) in [6.45, 7) is 7.18. The number of furan rings is 1. The molecule has 2 amide bonds. The SMILES string of the molecule is CCCN1CC[C@H](CNC(=O)N(Cc2ccccn2)Cc2ccco2)C1. The van der Waals surface area contributed by atoms with Crippen LogP contribution in [0.4, 0.5) is 4.79 Å². The molecule has 0 aromatic carbocycles. The van der Waals surface area contributed by atoms with Crippen LogP contribution in [-0.2, 0) is 13.1 Å². The predicted molar refractivity (Wildman–Crippen MR) is 100 cm³/mol. The van der Waals surface area contributed by atoms with Crippen molar-refractivity contribution in [2.75, 3.05) is 26.2 Å². The molecule has 2 aromatic rings. The molecule has 1 aliphatic rings. The average Bonchev–Trinajstić information content (AvgIpc) is 3.32. The van der Waals surface area contributed by atoms with Crippen molar-refractivity contribution >= 4 is 6.03 Å². The zero-order valence-corrected chi connectivity index (χ0v) is 15.4. The molecule has 26 heavy (non-hydrogen) atoms. The Kier molecular flexibility index (Phi) is 6.66. The zero-order valence-electron chi connectivity index (χ0n) is 15.4. The minimum Gasteiger partial charge on any atom is -0.467 e. The monoisotopic (exact) mass is 356 g/mol. The van der Waals surface area contributed by atoms with E-state index in [0.717, 1.165) is 44.1 Å². The fraction of sp³-hybridized carbons (Fsp3) is 0.500. The van der Waals surface area contributed by atoms with Gasteiger partial charge in [-0.1, -0.05) is 13.0 Å². The fourth-order valence-corrected chi connectivity index (χ4v) is 3.42. The van der Waals surface area contributed by atoms with E-state index < -0.39 is 0 Å². The third-order valence-electron chi connectivity index (χ3n) is 4.74. The maximum Gasteiger partial charge on any atom is 0.318 e. The van der Waals surface area contributed by atoms with Crippen LogP contribution in [0.5, 0.6) is 0 Å². The van der Waals surface area contributed by atoms with Crippen molar-refractivity contribution in [2.24, 2.45) is 5.92 Å². The van der Waals surface area contributed by atoms with E-state index in [1.165, 1.54) is 6.42 Å². The Bertz CT molecular complexity index is 660. The summed E-state index contributed by atoms with van der Waals surface area (Å²) in [6.07, 6.45) is 5.71. The molecule has 2 aromatic heterocycles. The van der Waals surface area contributed by atoms with Gasteiger partial charge in [0.05, 0.1) is 25.0 Å². The van der Waals surface area contributed by atoms with Crippen LogP contribution in [0.15, 0.2) is 47.2 Å². The number of hydrogen-bond acceptors (Lipinski definition) is 4. The lowest BCUT2D eigenvalue weighted by molar-refractivity contribution is 0.184. The summed E-state index contributed by atoms with van der Waals surface area (Å²) in [5.74, 6) is 1.30. The van der Waals surface area contributed by atoms with E-state index in [-0.39, 0.29) is 6.03 Å². The number of amides is 2. The number of nitrogens with zero attached hydrogens (tertiary/aromatic N) is 3. The average molecular weight is 356 g/mol. The third-order valence-corrected chi connectivity index (χ3v) is 4.74. The molecule has 3 heterocycles. The smallest absolute Gasteiger partial charge is 0.318 e. The Morgan fingerprint density at radius 1 is 1.35 bits per heavy atom. The molecule has 1 saturated heterocycles. The summed E-state index contributed by atoms with van der Waals surface area (Å²) in [4.78, 5) is 21.3. The quantitative estimate of drug-likeness (QED) is 0.789. The van der Waals surface area contributed by atoms with Gasteiger partial charge < -0.3 is 19.5 Å². The Hall–Kier alpha value is -2.34. The standard InChI is InChI=1S/C20H28N4O2/c1-2-10-23-11-8-17(14-23)13-22-20(25)24(16-19-7-5-12-26-19)15-18-6-3-4-9-21-18/h3-7,9,12,17H,2,8,10-11,13-16H2,1H3,(H,22,25)/t17-/m1/s1. The van der Waals surface area contributed by atoms with E-state index in [9.17, 15) is 4.79 Å². The van der Waals surface area contributed by atoms with E-state index in [0.29, 0.717) is 19.0 Å². The normalized spacial score (nSPS) is 17.3. The van der Waals surface area contributed by atoms with Crippen molar-refractivity contribution in [1.29, 1.82) is 0 Å². The molecule has 1 aliphatic heterocycles. The number of nitrogens with one attached hydrogen (secondary N) is 1. The largest absolute Gasteiger partial charge is 0.467 e. The van der Waals surface area contributed by atoms with Crippen molar-refractivity contribution in [3.63, 3.8) is 0 Å². The molecule has 0 unspecified atom stereocenters. The molecule has 0 bridgehead atoms. The second-order valence-electron chi connectivity index (χ2n) is 6.90. The van der Waals surface area contributed by atoms with Gasteiger partial charge in [0.25, 0.3) is 0 Å². The Balaban J connectivity index is 1.56. The van der Waals surface area contributed by atoms with Gasteiger partial charge in [-0.05, 0) is 56.1 Å². The fourth-order valence-electron chi connectivity index (χ4n) is 3.42. The van der Waals surface area contributed by atoms with Crippen LogP contribution in [-0.4, -0.2) is 47.0 Å². The molecular weight excluding hydrogens is 328 g/mol. The van der Waals surface area contributed by atoms with E-state index in [1.807, 2.05) is 30.3 Å².